The summed E-state index contributed by atoms with van der Waals surface area (Å²) >= 11 is 0. The van der Waals surface area contributed by atoms with E-state index in [-0.39, 0.29) is 5.91 Å². The predicted octanol–water partition coefficient (Wildman–Crippen LogP) is 4.27. The molecular formula is C21H21NO2. The van der Waals surface area contributed by atoms with E-state index in [0.29, 0.717) is 13.2 Å². The van der Waals surface area contributed by atoms with Crippen molar-refractivity contribution in [2.24, 2.45) is 0 Å². The number of carbonyl (C=O) groups is 1. The van der Waals surface area contributed by atoms with Crippen LogP contribution in [0.1, 0.15) is 21.5 Å². The Kier molecular flexibility index (Phi) is 4.80. The van der Waals surface area contributed by atoms with Gasteiger partial charge in [-0.05, 0) is 53.9 Å². The van der Waals surface area contributed by atoms with Gasteiger partial charge in [-0.25, -0.2) is 0 Å². The molecule has 3 rings (SSSR count). The van der Waals surface area contributed by atoms with E-state index in [1.54, 1.807) is 0 Å². The maximum atomic E-state index is 12.2. The number of ether oxygens (including phenoxy) is 1. The second-order valence-electron chi connectivity index (χ2n) is 5.86. The summed E-state index contributed by atoms with van der Waals surface area (Å²) in [6, 6.07) is 19.9. The fourth-order valence-corrected chi connectivity index (χ4v) is 2.68. The normalized spacial score (nSPS) is 10.6. The molecule has 1 N–H and O–H groups in total. The first kappa shape index (κ1) is 16.1. The first-order valence-corrected chi connectivity index (χ1v) is 8.11. The van der Waals surface area contributed by atoms with Crippen LogP contribution in [0.3, 0.4) is 0 Å². The minimum Gasteiger partial charge on any atom is -0.492 e. The maximum absolute atomic E-state index is 12.2. The van der Waals surface area contributed by atoms with Gasteiger partial charge in [0.1, 0.15) is 12.4 Å². The highest BCUT2D eigenvalue weighted by atomic mass is 16.5. The van der Waals surface area contributed by atoms with E-state index in [1.807, 2.05) is 62.4 Å². The molecule has 0 aliphatic carbocycles. The Balaban J connectivity index is 1.54. The topological polar surface area (TPSA) is 38.3 Å². The van der Waals surface area contributed by atoms with Crippen LogP contribution in [0.4, 0.5) is 0 Å². The average Bonchev–Trinajstić information content (AvgIpc) is 2.60. The van der Waals surface area contributed by atoms with Gasteiger partial charge in [0.15, 0.2) is 0 Å². The number of rotatable bonds is 5. The molecule has 0 aliphatic heterocycles. The van der Waals surface area contributed by atoms with Crippen LogP contribution in [0.5, 0.6) is 5.75 Å². The summed E-state index contributed by atoms with van der Waals surface area (Å²) in [5, 5.41) is 5.25. The van der Waals surface area contributed by atoms with Crippen LogP contribution >= 0.6 is 0 Å². The lowest BCUT2D eigenvalue weighted by molar-refractivity contribution is 0.0946. The van der Waals surface area contributed by atoms with Crippen molar-refractivity contribution in [2.45, 2.75) is 13.8 Å². The Morgan fingerprint density at radius 2 is 1.75 bits per heavy atom. The van der Waals surface area contributed by atoms with E-state index in [2.05, 4.69) is 17.4 Å². The molecule has 122 valence electrons. The molecule has 0 radical (unpaired) electrons. The Bertz CT molecular complexity index is 871. The molecule has 1 amide bonds. The molecule has 0 saturated heterocycles. The summed E-state index contributed by atoms with van der Waals surface area (Å²) in [5.41, 5.74) is 2.86. The van der Waals surface area contributed by atoms with E-state index < -0.39 is 0 Å². The van der Waals surface area contributed by atoms with E-state index >= 15 is 0 Å². The van der Waals surface area contributed by atoms with E-state index in [9.17, 15) is 4.79 Å². The SMILES string of the molecule is Cc1cccc(C(=O)NCCOc2ccc3ccccc3c2)c1C. The third-order valence-electron chi connectivity index (χ3n) is 4.23. The van der Waals surface area contributed by atoms with Gasteiger partial charge in [0.25, 0.3) is 5.91 Å². The van der Waals surface area contributed by atoms with Crippen molar-refractivity contribution in [3.05, 3.63) is 77.4 Å². The number of amides is 1. The molecule has 24 heavy (non-hydrogen) atoms. The lowest BCUT2D eigenvalue weighted by Gasteiger charge is -2.11. The highest BCUT2D eigenvalue weighted by Gasteiger charge is 2.09. The van der Waals surface area contributed by atoms with Crippen LogP contribution in [0, 0.1) is 13.8 Å². The quantitative estimate of drug-likeness (QED) is 0.713. The van der Waals surface area contributed by atoms with Crippen LogP contribution in [0.15, 0.2) is 60.7 Å². The summed E-state index contributed by atoms with van der Waals surface area (Å²) in [6.07, 6.45) is 0. The zero-order chi connectivity index (χ0) is 16.9. The van der Waals surface area contributed by atoms with E-state index in [0.717, 1.165) is 27.8 Å². The van der Waals surface area contributed by atoms with E-state index in [4.69, 9.17) is 4.74 Å². The van der Waals surface area contributed by atoms with Crippen LogP contribution in [0.2, 0.25) is 0 Å². The van der Waals surface area contributed by atoms with Gasteiger partial charge in [-0.3, -0.25) is 4.79 Å². The molecule has 0 saturated carbocycles. The van der Waals surface area contributed by atoms with Gasteiger partial charge in [0.05, 0.1) is 6.54 Å². The van der Waals surface area contributed by atoms with Gasteiger partial charge in [-0.15, -0.1) is 0 Å². The molecular weight excluding hydrogens is 298 g/mol. The summed E-state index contributed by atoms with van der Waals surface area (Å²) in [4.78, 5) is 12.2. The van der Waals surface area contributed by atoms with E-state index in [1.165, 1.54) is 5.39 Å². The molecule has 0 spiro atoms. The highest BCUT2D eigenvalue weighted by Crippen LogP contribution is 2.20. The zero-order valence-corrected chi connectivity index (χ0v) is 14.0. The Labute approximate surface area is 142 Å². The van der Waals surface area contributed by atoms with Gasteiger partial charge in [-0.1, -0.05) is 42.5 Å². The zero-order valence-electron chi connectivity index (χ0n) is 14.0. The Morgan fingerprint density at radius 3 is 2.58 bits per heavy atom. The second kappa shape index (κ2) is 7.18. The third-order valence-corrected chi connectivity index (χ3v) is 4.23. The number of benzene rings is 3. The van der Waals surface area contributed by atoms with Crippen molar-refractivity contribution in [3.8, 4) is 5.75 Å². The second-order valence-corrected chi connectivity index (χ2v) is 5.86. The first-order valence-electron chi connectivity index (χ1n) is 8.11. The van der Waals surface area contributed by atoms with Crippen molar-refractivity contribution in [3.63, 3.8) is 0 Å². The fourth-order valence-electron chi connectivity index (χ4n) is 2.68. The van der Waals surface area contributed by atoms with Gasteiger partial charge in [0, 0.05) is 5.56 Å². The first-order chi connectivity index (χ1) is 11.6. The monoisotopic (exact) mass is 319 g/mol. The Morgan fingerprint density at radius 1 is 0.958 bits per heavy atom. The van der Waals surface area contributed by atoms with Crippen molar-refractivity contribution >= 4 is 16.7 Å². The van der Waals surface area contributed by atoms with Gasteiger partial charge < -0.3 is 10.1 Å². The van der Waals surface area contributed by atoms with Crippen molar-refractivity contribution in [2.75, 3.05) is 13.2 Å². The lowest BCUT2D eigenvalue weighted by atomic mass is 10.0. The Hall–Kier alpha value is -2.81. The number of fused-ring (bicyclic) bond motifs is 1. The summed E-state index contributed by atoms with van der Waals surface area (Å²) < 4.78 is 5.74. The van der Waals surface area contributed by atoms with Crippen LogP contribution in [-0.2, 0) is 0 Å². The van der Waals surface area contributed by atoms with Crippen molar-refractivity contribution < 1.29 is 9.53 Å². The standard InChI is InChI=1S/C21H21NO2/c1-15-6-5-9-20(16(15)2)21(23)22-12-13-24-19-11-10-17-7-3-4-8-18(17)14-19/h3-11,14H,12-13H2,1-2H3,(H,22,23). The van der Waals surface area contributed by atoms with Gasteiger partial charge in [-0.2, -0.15) is 0 Å². The molecule has 0 bridgehead atoms. The number of hydrogen-bond donors (Lipinski definition) is 1. The minimum absolute atomic E-state index is 0.0571. The van der Waals surface area contributed by atoms with Gasteiger partial charge >= 0.3 is 0 Å². The fraction of sp³-hybridized carbons (Fsp3) is 0.190. The summed E-state index contributed by atoms with van der Waals surface area (Å²) in [6.45, 7) is 4.89. The maximum Gasteiger partial charge on any atom is 0.251 e. The summed E-state index contributed by atoms with van der Waals surface area (Å²) in [5.74, 6) is 0.757. The number of hydrogen-bond acceptors (Lipinski definition) is 2. The smallest absolute Gasteiger partial charge is 0.251 e. The number of aryl methyl sites for hydroxylation is 1. The lowest BCUT2D eigenvalue weighted by Crippen LogP contribution is -2.28. The molecule has 3 heteroatoms. The molecule has 0 unspecified atom stereocenters. The molecule has 3 aromatic carbocycles. The molecule has 3 nitrogen and oxygen atoms in total. The predicted molar refractivity (Wildman–Crippen MR) is 97.7 cm³/mol. The third kappa shape index (κ3) is 3.57. The number of carbonyl (C=O) groups excluding carboxylic acids is 1. The molecule has 3 aromatic rings. The molecule has 0 atom stereocenters. The van der Waals surface area contributed by atoms with Crippen LogP contribution < -0.4 is 10.1 Å². The number of nitrogens with one attached hydrogen (secondary N) is 1. The van der Waals surface area contributed by atoms with Gasteiger partial charge in [0.2, 0.25) is 0 Å². The highest BCUT2D eigenvalue weighted by molar-refractivity contribution is 5.95. The van der Waals surface area contributed by atoms with Crippen molar-refractivity contribution in [1.82, 2.24) is 5.32 Å². The minimum atomic E-state index is -0.0571. The molecule has 0 heterocycles. The average molecular weight is 319 g/mol. The molecule has 0 fully saturated rings. The molecule has 0 aromatic heterocycles. The molecule has 0 aliphatic rings. The summed E-state index contributed by atoms with van der Waals surface area (Å²) in [7, 11) is 0. The van der Waals surface area contributed by atoms with Crippen LogP contribution in [-0.4, -0.2) is 19.1 Å². The van der Waals surface area contributed by atoms with Crippen molar-refractivity contribution in [1.29, 1.82) is 0 Å². The largest absolute Gasteiger partial charge is 0.492 e. The van der Waals surface area contributed by atoms with Crippen LogP contribution in [0.25, 0.3) is 10.8 Å².